The average molecular weight is 297 g/mol. The van der Waals surface area contributed by atoms with Crippen LogP contribution in [-0.4, -0.2) is 34.3 Å². The smallest absolute Gasteiger partial charge is 0.271 e. The Morgan fingerprint density at radius 2 is 2.37 bits per heavy atom. The highest BCUT2D eigenvalue weighted by atomic mass is 32.2. The van der Waals surface area contributed by atoms with Gasteiger partial charge in [-0.3, -0.25) is 9.59 Å². The topological polar surface area (TPSA) is 71.1 Å². The van der Waals surface area contributed by atoms with Crippen LogP contribution >= 0.6 is 23.1 Å². The van der Waals surface area contributed by atoms with Gasteiger partial charge in [0.1, 0.15) is 10.7 Å². The number of amides is 1. The molecule has 2 aliphatic heterocycles. The standard InChI is InChI=1S/C12H15N3O2S2/c16-10(14-8-3-5-18-12(8)17)9-6-19-11(15-9)7-2-1-4-13-7/h6-8,13H,1-5H2,(H,14,16). The summed E-state index contributed by atoms with van der Waals surface area (Å²) >= 11 is 2.80. The summed E-state index contributed by atoms with van der Waals surface area (Å²) in [6.07, 6.45) is 2.95. The third-order valence-corrected chi connectivity index (χ3v) is 5.32. The molecule has 2 fully saturated rings. The highest BCUT2D eigenvalue weighted by Gasteiger charge is 2.28. The molecule has 0 spiro atoms. The molecule has 0 radical (unpaired) electrons. The zero-order valence-electron chi connectivity index (χ0n) is 10.3. The van der Waals surface area contributed by atoms with E-state index < -0.39 is 0 Å². The molecule has 102 valence electrons. The molecule has 0 saturated carbocycles. The van der Waals surface area contributed by atoms with Crippen LogP contribution in [0.5, 0.6) is 0 Å². The Kier molecular flexibility index (Phi) is 3.86. The SMILES string of the molecule is O=C(NC1CCSC1=O)c1csc(C2CCCN2)n1. The number of nitrogens with one attached hydrogen (secondary N) is 2. The molecule has 5 nitrogen and oxygen atoms in total. The predicted molar refractivity (Wildman–Crippen MR) is 75.4 cm³/mol. The Balaban J connectivity index is 1.65. The Hall–Kier alpha value is -0.920. The molecule has 2 unspecified atom stereocenters. The van der Waals surface area contributed by atoms with Gasteiger partial charge in [0, 0.05) is 11.1 Å². The Morgan fingerprint density at radius 1 is 1.47 bits per heavy atom. The minimum atomic E-state index is -0.341. The molecule has 0 bridgehead atoms. The number of nitrogens with zero attached hydrogens (tertiary/aromatic N) is 1. The van der Waals surface area contributed by atoms with Gasteiger partial charge in [-0.25, -0.2) is 4.98 Å². The van der Waals surface area contributed by atoms with Gasteiger partial charge in [-0.2, -0.15) is 0 Å². The normalized spacial score (nSPS) is 26.8. The number of hydrogen-bond donors (Lipinski definition) is 2. The largest absolute Gasteiger partial charge is 0.340 e. The van der Waals surface area contributed by atoms with E-state index >= 15 is 0 Å². The predicted octanol–water partition coefficient (Wildman–Crippen LogP) is 1.33. The highest BCUT2D eigenvalue weighted by Crippen LogP contribution is 2.26. The quantitative estimate of drug-likeness (QED) is 0.881. The van der Waals surface area contributed by atoms with Crippen molar-refractivity contribution in [3.8, 4) is 0 Å². The first-order valence-electron chi connectivity index (χ1n) is 6.40. The van der Waals surface area contributed by atoms with Crippen molar-refractivity contribution >= 4 is 34.1 Å². The molecule has 7 heteroatoms. The number of thiazole rings is 1. The average Bonchev–Trinajstić information content (AvgIpc) is 3.09. The summed E-state index contributed by atoms with van der Waals surface area (Å²) in [5, 5.41) is 8.93. The van der Waals surface area contributed by atoms with Crippen LogP contribution in [0.25, 0.3) is 0 Å². The monoisotopic (exact) mass is 297 g/mol. The highest BCUT2D eigenvalue weighted by molar-refractivity contribution is 8.14. The van der Waals surface area contributed by atoms with Crippen LogP contribution < -0.4 is 10.6 Å². The van der Waals surface area contributed by atoms with E-state index in [1.54, 1.807) is 5.38 Å². The van der Waals surface area contributed by atoms with Crippen LogP contribution in [0.15, 0.2) is 5.38 Å². The van der Waals surface area contributed by atoms with Crippen molar-refractivity contribution in [2.75, 3.05) is 12.3 Å². The number of carbonyl (C=O) groups excluding carboxylic acids is 2. The van der Waals surface area contributed by atoms with Gasteiger partial charge in [-0.05, 0) is 25.8 Å². The van der Waals surface area contributed by atoms with Crippen LogP contribution in [0.4, 0.5) is 0 Å². The second-order valence-corrected chi connectivity index (χ2v) is 6.69. The van der Waals surface area contributed by atoms with Crippen LogP contribution in [0.1, 0.15) is 40.8 Å². The lowest BCUT2D eigenvalue weighted by Gasteiger charge is -2.08. The lowest BCUT2D eigenvalue weighted by molar-refractivity contribution is -0.112. The Bertz CT molecular complexity index is 497. The molecule has 1 aromatic heterocycles. The van der Waals surface area contributed by atoms with Gasteiger partial charge in [0.25, 0.3) is 5.91 Å². The van der Waals surface area contributed by atoms with Crippen LogP contribution in [0, 0.1) is 0 Å². The second kappa shape index (κ2) is 5.60. The molecule has 19 heavy (non-hydrogen) atoms. The third-order valence-electron chi connectivity index (χ3n) is 3.35. The first-order chi connectivity index (χ1) is 9.24. The third kappa shape index (κ3) is 2.82. The molecule has 1 amide bonds. The van der Waals surface area contributed by atoms with Crippen LogP contribution in [-0.2, 0) is 4.79 Å². The van der Waals surface area contributed by atoms with Crippen molar-refractivity contribution < 1.29 is 9.59 Å². The van der Waals surface area contributed by atoms with Gasteiger partial charge in [0.15, 0.2) is 0 Å². The fourth-order valence-electron chi connectivity index (χ4n) is 2.31. The van der Waals surface area contributed by atoms with Crippen molar-refractivity contribution in [2.45, 2.75) is 31.3 Å². The van der Waals surface area contributed by atoms with E-state index in [-0.39, 0.29) is 23.1 Å². The lowest BCUT2D eigenvalue weighted by Crippen LogP contribution is -2.37. The Labute approximate surface area is 119 Å². The molecule has 3 heterocycles. The summed E-state index contributed by atoms with van der Waals surface area (Å²) < 4.78 is 0. The number of carbonyl (C=O) groups is 2. The van der Waals surface area contributed by atoms with E-state index in [4.69, 9.17) is 0 Å². The molecule has 0 aliphatic carbocycles. The summed E-state index contributed by atoms with van der Waals surface area (Å²) in [6, 6.07) is -0.0533. The maximum Gasteiger partial charge on any atom is 0.271 e. The zero-order valence-corrected chi connectivity index (χ0v) is 12.0. The molecule has 0 aromatic carbocycles. The van der Waals surface area contributed by atoms with Crippen molar-refractivity contribution in [2.24, 2.45) is 0 Å². The molecular weight excluding hydrogens is 282 g/mol. The van der Waals surface area contributed by atoms with Crippen LogP contribution in [0.3, 0.4) is 0 Å². The fraction of sp³-hybridized carbons (Fsp3) is 0.583. The molecular formula is C12H15N3O2S2. The van der Waals surface area contributed by atoms with Crippen molar-refractivity contribution in [1.82, 2.24) is 15.6 Å². The number of thioether (sulfide) groups is 1. The first kappa shape index (κ1) is 13.1. The number of hydrogen-bond acceptors (Lipinski definition) is 6. The lowest BCUT2D eigenvalue weighted by atomic mass is 10.2. The molecule has 1 aromatic rings. The van der Waals surface area contributed by atoms with Gasteiger partial charge < -0.3 is 10.6 Å². The fourth-order valence-corrected chi connectivity index (χ4v) is 4.15. The van der Waals surface area contributed by atoms with E-state index in [2.05, 4.69) is 15.6 Å². The summed E-state index contributed by atoms with van der Waals surface area (Å²) in [5.74, 6) is 0.555. The minimum absolute atomic E-state index is 0.0567. The maximum atomic E-state index is 12.0. The van der Waals surface area contributed by atoms with Gasteiger partial charge in [0.05, 0.1) is 12.1 Å². The van der Waals surface area contributed by atoms with Gasteiger partial charge in [0.2, 0.25) is 5.12 Å². The first-order valence-corrected chi connectivity index (χ1v) is 8.27. The summed E-state index contributed by atoms with van der Waals surface area (Å²) in [7, 11) is 0. The van der Waals surface area contributed by atoms with Gasteiger partial charge in [-0.1, -0.05) is 11.8 Å². The zero-order chi connectivity index (χ0) is 13.2. The summed E-state index contributed by atoms with van der Waals surface area (Å²) in [4.78, 5) is 27.9. The Morgan fingerprint density at radius 3 is 3.05 bits per heavy atom. The van der Waals surface area contributed by atoms with Crippen LogP contribution in [0.2, 0.25) is 0 Å². The minimum Gasteiger partial charge on any atom is -0.340 e. The number of aromatic nitrogens is 1. The summed E-state index contributed by atoms with van der Waals surface area (Å²) in [6.45, 7) is 1.01. The van der Waals surface area contributed by atoms with Gasteiger partial charge in [-0.15, -0.1) is 11.3 Å². The number of rotatable bonds is 3. The van der Waals surface area contributed by atoms with Crippen molar-refractivity contribution in [3.63, 3.8) is 0 Å². The van der Waals surface area contributed by atoms with E-state index in [0.29, 0.717) is 5.69 Å². The molecule has 2 saturated heterocycles. The maximum absolute atomic E-state index is 12.0. The second-order valence-electron chi connectivity index (χ2n) is 4.70. The van der Waals surface area contributed by atoms with Crippen molar-refractivity contribution in [3.05, 3.63) is 16.1 Å². The summed E-state index contributed by atoms with van der Waals surface area (Å²) in [5.41, 5.74) is 0.429. The molecule has 2 aliphatic rings. The van der Waals surface area contributed by atoms with E-state index in [0.717, 1.165) is 36.6 Å². The van der Waals surface area contributed by atoms with E-state index in [1.807, 2.05) is 0 Å². The van der Waals surface area contributed by atoms with Crippen molar-refractivity contribution in [1.29, 1.82) is 0 Å². The molecule has 3 rings (SSSR count). The van der Waals surface area contributed by atoms with Gasteiger partial charge >= 0.3 is 0 Å². The van der Waals surface area contributed by atoms with E-state index in [1.165, 1.54) is 23.1 Å². The van der Waals surface area contributed by atoms with E-state index in [9.17, 15) is 9.59 Å². The molecule has 2 atom stereocenters. The molecule has 2 N–H and O–H groups in total.